The molecule has 2 heterocycles. The fraction of sp³-hybridized carbons (Fsp3) is 0.533. The molecule has 1 amide bonds. The lowest BCUT2D eigenvalue weighted by Gasteiger charge is -2.32. The predicted molar refractivity (Wildman–Crippen MR) is 74.1 cm³/mol. The van der Waals surface area contributed by atoms with Gasteiger partial charge in [0.2, 0.25) is 5.91 Å². The van der Waals surface area contributed by atoms with Gasteiger partial charge in [-0.3, -0.25) is 4.79 Å². The summed E-state index contributed by atoms with van der Waals surface area (Å²) in [6.07, 6.45) is -0.138. The molecule has 0 radical (unpaired) electrons. The molecule has 2 aliphatic heterocycles. The number of morpholine rings is 1. The third kappa shape index (κ3) is 3.26. The van der Waals surface area contributed by atoms with E-state index in [4.69, 9.17) is 9.47 Å². The quantitative estimate of drug-likeness (QED) is 0.864. The van der Waals surface area contributed by atoms with E-state index in [0.29, 0.717) is 26.2 Å². The zero-order valence-corrected chi connectivity index (χ0v) is 12.0. The van der Waals surface area contributed by atoms with Crippen molar-refractivity contribution in [3.05, 3.63) is 35.4 Å². The van der Waals surface area contributed by atoms with Gasteiger partial charge in [-0.1, -0.05) is 6.07 Å². The number of carbonyl (C=O) groups excluding carboxylic acids is 1. The molecule has 22 heavy (non-hydrogen) atoms. The number of nitrogens with one attached hydrogen (secondary N) is 2. The summed E-state index contributed by atoms with van der Waals surface area (Å²) in [5.41, 5.74) is -0.209. The van der Waals surface area contributed by atoms with Gasteiger partial charge < -0.3 is 20.1 Å². The van der Waals surface area contributed by atoms with Crippen LogP contribution in [-0.4, -0.2) is 43.9 Å². The average Bonchev–Trinajstić information content (AvgIpc) is 2.90. The highest BCUT2D eigenvalue weighted by molar-refractivity contribution is 5.81. The fourth-order valence-electron chi connectivity index (χ4n) is 2.77. The molecular weight excluding hydrogens is 294 g/mol. The van der Waals surface area contributed by atoms with Crippen LogP contribution in [0.4, 0.5) is 8.78 Å². The molecule has 0 bridgehead atoms. The molecule has 3 rings (SSSR count). The number of hydrogen-bond donors (Lipinski definition) is 2. The van der Waals surface area contributed by atoms with Crippen LogP contribution in [0.1, 0.15) is 12.0 Å². The van der Waals surface area contributed by atoms with Crippen LogP contribution in [0.5, 0.6) is 0 Å². The molecule has 7 heteroatoms. The number of hydrogen-bond acceptors (Lipinski definition) is 4. The van der Waals surface area contributed by atoms with Crippen LogP contribution in [0.2, 0.25) is 0 Å². The van der Waals surface area contributed by atoms with Crippen molar-refractivity contribution in [2.24, 2.45) is 0 Å². The first-order valence-electron chi connectivity index (χ1n) is 7.26. The summed E-state index contributed by atoms with van der Waals surface area (Å²) in [5.74, 6) is -1.63. The largest absolute Gasteiger partial charge is 0.370 e. The molecule has 2 aliphatic rings. The molecule has 120 valence electrons. The van der Waals surface area contributed by atoms with E-state index in [9.17, 15) is 13.6 Å². The van der Waals surface area contributed by atoms with E-state index in [2.05, 4.69) is 10.6 Å². The molecule has 0 aliphatic carbocycles. The van der Waals surface area contributed by atoms with Crippen molar-refractivity contribution >= 4 is 5.91 Å². The number of amides is 1. The van der Waals surface area contributed by atoms with Gasteiger partial charge >= 0.3 is 0 Å². The molecule has 2 fully saturated rings. The minimum absolute atomic E-state index is 0.00306. The van der Waals surface area contributed by atoms with Gasteiger partial charge in [0.15, 0.2) is 0 Å². The van der Waals surface area contributed by atoms with Crippen LogP contribution in [0.25, 0.3) is 0 Å². The van der Waals surface area contributed by atoms with Crippen LogP contribution in [-0.2, 0) is 20.8 Å². The van der Waals surface area contributed by atoms with Gasteiger partial charge in [-0.05, 0) is 6.07 Å². The molecule has 2 N–H and O–H groups in total. The van der Waals surface area contributed by atoms with Gasteiger partial charge in [-0.2, -0.15) is 0 Å². The Hall–Kier alpha value is -1.57. The zero-order valence-electron chi connectivity index (χ0n) is 12.0. The smallest absolute Gasteiger partial charge is 0.249 e. The maximum absolute atomic E-state index is 13.5. The van der Waals surface area contributed by atoms with Gasteiger partial charge in [0, 0.05) is 37.7 Å². The molecular formula is C15H18F2N2O3. The molecule has 2 unspecified atom stereocenters. The molecule has 0 saturated carbocycles. The summed E-state index contributed by atoms with van der Waals surface area (Å²) < 4.78 is 37.6. The van der Waals surface area contributed by atoms with Gasteiger partial charge in [-0.25, -0.2) is 8.78 Å². The summed E-state index contributed by atoms with van der Waals surface area (Å²) in [7, 11) is 0. The van der Waals surface area contributed by atoms with Crippen LogP contribution in [0.15, 0.2) is 18.2 Å². The van der Waals surface area contributed by atoms with E-state index in [-0.39, 0.29) is 18.0 Å². The number of ether oxygens (including phenoxy) is 2. The molecule has 5 nitrogen and oxygen atoms in total. The lowest BCUT2D eigenvalue weighted by atomic mass is 9.98. The van der Waals surface area contributed by atoms with E-state index < -0.39 is 23.3 Å². The van der Waals surface area contributed by atoms with Crippen molar-refractivity contribution in [3.8, 4) is 0 Å². The monoisotopic (exact) mass is 312 g/mol. The predicted octanol–water partition coefficient (Wildman–Crippen LogP) is 0.728. The Kier molecular flexibility index (Phi) is 4.37. The first-order chi connectivity index (χ1) is 10.6. The summed E-state index contributed by atoms with van der Waals surface area (Å²) in [6.45, 7) is 2.41. The standard InChI is InChI=1S/C15H18F2N2O3/c16-11-2-1-10(12(17)5-11)7-19-14(20)13-6-15(9-21-13)8-18-3-4-22-15/h1-2,5,13,18H,3-4,6-9H2,(H,19,20). The highest BCUT2D eigenvalue weighted by atomic mass is 19.1. The Bertz CT molecular complexity index is 562. The van der Waals surface area contributed by atoms with Gasteiger partial charge in [0.1, 0.15) is 23.3 Å². The maximum Gasteiger partial charge on any atom is 0.249 e. The van der Waals surface area contributed by atoms with E-state index in [1.807, 2.05) is 0 Å². The minimum Gasteiger partial charge on any atom is -0.370 e. The molecule has 1 aromatic carbocycles. The van der Waals surface area contributed by atoms with Crippen molar-refractivity contribution in [3.63, 3.8) is 0 Å². The molecule has 1 aromatic rings. The number of rotatable bonds is 3. The van der Waals surface area contributed by atoms with Crippen LogP contribution in [0.3, 0.4) is 0 Å². The first-order valence-corrected chi connectivity index (χ1v) is 7.26. The number of halogens is 2. The Labute approximate surface area is 127 Å². The highest BCUT2D eigenvalue weighted by Crippen LogP contribution is 2.29. The van der Waals surface area contributed by atoms with Gasteiger partial charge in [0.25, 0.3) is 0 Å². The second-order valence-electron chi connectivity index (χ2n) is 5.67. The van der Waals surface area contributed by atoms with Crippen LogP contribution < -0.4 is 10.6 Å². The molecule has 0 aromatic heterocycles. The zero-order chi connectivity index (χ0) is 15.6. The summed E-state index contributed by atoms with van der Waals surface area (Å²) in [6, 6.07) is 3.27. The minimum atomic E-state index is -0.677. The highest BCUT2D eigenvalue weighted by Gasteiger charge is 2.44. The third-order valence-corrected chi connectivity index (χ3v) is 4.00. The third-order valence-electron chi connectivity index (χ3n) is 4.00. The van der Waals surface area contributed by atoms with Crippen molar-refractivity contribution in [1.82, 2.24) is 10.6 Å². The lowest BCUT2D eigenvalue weighted by Crippen LogP contribution is -2.50. The van der Waals surface area contributed by atoms with Crippen LogP contribution >= 0.6 is 0 Å². The molecule has 2 saturated heterocycles. The SMILES string of the molecule is O=C(NCc1ccc(F)cc1F)C1CC2(CNCCO2)CO1. The number of carbonyl (C=O) groups is 1. The lowest BCUT2D eigenvalue weighted by molar-refractivity contribution is -0.130. The van der Waals surface area contributed by atoms with Gasteiger partial charge in [0.05, 0.1) is 13.2 Å². The normalized spacial score (nSPS) is 28.0. The second-order valence-corrected chi connectivity index (χ2v) is 5.67. The Balaban J connectivity index is 1.54. The second kappa shape index (κ2) is 6.28. The maximum atomic E-state index is 13.5. The van der Waals surface area contributed by atoms with Crippen molar-refractivity contribution in [2.75, 3.05) is 26.3 Å². The van der Waals surface area contributed by atoms with E-state index in [0.717, 1.165) is 18.7 Å². The van der Waals surface area contributed by atoms with Crippen molar-refractivity contribution in [1.29, 1.82) is 0 Å². The fourth-order valence-corrected chi connectivity index (χ4v) is 2.77. The average molecular weight is 312 g/mol. The van der Waals surface area contributed by atoms with Crippen LogP contribution in [0, 0.1) is 11.6 Å². The van der Waals surface area contributed by atoms with Crippen molar-refractivity contribution in [2.45, 2.75) is 24.7 Å². The number of benzene rings is 1. The van der Waals surface area contributed by atoms with E-state index in [1.165, 1.54) is 6.07 Å². The topological polar surface area (TPSA) is 59.6 Å². The Morgan fingerprint density at radius 2 is 2.32 bits per heavy atom. The van der Waals surface area contributed by atoms with Crippen molar-refractivity contribution < 1.29 is 23.0 Å². The van der Waals surface area contributed by atoms with E-state index in [1.54, 1.807) is 0 Å². The Morgan fingerprint density at radius 1 is 1.45 bits per heavy atom. The molecule has 2 atom stereocenters. The first kappa shape index (κ1) is 15.3. The summed E-state index contributed by atoms with van der Waals surface area (Å²) >= 11 is 0. The Morgan fingerprint density at radius 3 is 3.05 bits per heavy atom. The van der Waals surface area contributed by atoms with Gasteiger partial charge in [-0.15, -0.1) is 0 Å². The summed E-state index contributed by atoms with van der Waals surface area (Å²) in [5, 5.41) is 5.85. The molecule has 1 spiro atoms. The van der Waals surface area contributed by atoms with E-state index >= 15 is 0 Å². The summed E-state index contributed by atoms with van der Waals surface area (Å²) in [4.78, 5) is 12.1.